The van der Waals surface area contributed by atoms with E-state index >= 15 is 0 Å². The van der Waals surface area contributed by atoms with E-state index in [4.69, 9.17) is 16.3 Å². The molecule has 2 aliphatic carbocycles. The Hall–Kier alpha value is -2.71. The third-order valence-electron chi connectivity index (χ3n) is 7.11. The number of phenolic OH excluding ortho intramolecular Hbond substituents is 1. The van der Waals surface area contributed by atoms with Crippen molar-refractivity contribution < 1.29 is 9.94 Å². The number of aromatic hydroxyl groups is 1. The second-order valence-corrected chi connectivity index (χ2v) is 10.1. The van der Waals surface area contributed by atoms with Crippen molar-refractivity contribution in [2.24, 2.45) is 10.9 Å². The van der Waals surface area contributed by atoms with E-state index in [0.717, 1.165) is 47.7 Å². The summed E-state index contributed by atoms with van der Waals surface area (Å²) >= 11 is 0. The van der Waals surface area contributed by atoms with Crippen LogP contribution in [0.15, 0.2) is 29.7 Å². The van der Waals surface area contributed by atoms with Crippen molar-refractivity contribution in [2.45, 2.75) is 70.3 Å². The predicted octanol–water partition coefficient (Wildman–Crippen LogP) is 3.82. The molecule has 2 fully saturated rings. The minimum absolute atomic E-state index is 0.180. The first-order chi connectivity index (χ1) is 16.4. The molecule has 184 valence electrons. The number of nitrogens with zero attached hydrogens (tertiary/aromatic N) is 4. The maximum Gasteiger partial charge on any atom is 0.131 e. The van der Waals surface area contributed by atoms with Gasteiger partial charge in [0.2, 0.25) is 0 Å². The second-order valence-electron chi connectivity index (χ2n) is 10.1. The number of nitrogen functional groups attached to an aromatic ring is 1. The van der Waals surface area contributed by atoms with E-state index in [1.165, 1.54) is 51.3 Å². The zero-order chi connectivity index (χ0) is 24.1. The Balaban J connectivity index is 0.000000336. The van der Waals surface area contributed by atoms with Gasteiger partial charge in [0, 0.05) is 34.7 Å². The summed E-state index contributed by atoms with van der Waals surface area (Å²) in [6, 6.07) is 5.73. The molecule has 0 atom stereocenters. The number of likely N-dealkylation sites (tertiary alicyclic amines) is 1. The van der Waals surface area contributed by atoms with Gasteiger partial charge < -0.3 is 21.4 Å². The van der Waals surface area contributed by atoms with Crippen LogP contribution < -0.4 is 11.5 Å². The van der Waals surface area contributed by atoms with Crippen LogP contribution in [0.5, 0.6) is 5.75 Å². The molecule has 1 saturated carbocycles. The van der Waals surface area contributed by atoms with Crippen molar-refractivity contribution in [1.82, 2.24) is 14.9 Å². The van der Waals surface area contributed by atoms with Crippen LogP contribution in [0.1, 0.15) is 69.9 Å². The summed E-state index contributed by atoms with van der Waals surface area (Å²) in [5, 5.41) is 14.5. The SMILES string of the molecule is CC1(C)/C(=N/OCCN2CCCC2)c2cc(O)ccc2-c2ncnc(N)c21.NC1CCCCC1. The molecule has 5 N–H and O–H groups in total. The molecule has 0 bridgehead atoms. The topological polar surface area (TPSA) is 123 Å². The van der Waals surface area contributed by atoms with Crippen LogP contribution in [-0.2, 0) is 10.3 Å². The number of oxime groups is 1. The van der Waals surface area contributed by atoms with Crippen molar-refractivity contribution in [2.75, 3.05) is 32.0 Å². The van der Waals surface area contributed by atoms with E-state index in [2.05, 4.69) is 20.0 Å². The van der Waals surface area contributed by atoms with Crippen LogP contribution in [0.4, 0.5) is 5.82 Å². The number of anilines is 1. The Kier molecular flexibility index (Phi) is 7.68. The molecule has 1 aromatic carbocycles. The first-order valence-corrected chi connectivity index (χ1v) is 12.5. The lowest BCUT2D eigenvalue weighted by atomic mass is 9.70. The number of fused-ring (bicyclic) bond motifs is 3. The van der Waals surface area contributed by atoms with Gasteiger partial charge in [0.1, 0.15) is 24.5 Å². The summed E-state index contributed by atoms with van der Waals surface area (Å²) in [5.41, 5.74) is 15.3. The Labute approximate surface area is 202 Å². The van der Waals surface area contributed by atoms with Gasteiger partial charge in [0.25, 0.3) is 0 Å². The van der Waals surface area contributed by atoms with Gasteiger partial charge in [-0.15, -0.1) is 0 Å². The monoisotopic (exact) mass is 466 g/mol. The molecular weight excluding hydrogens is 428 g/mol. The summed E-state index contributed by atoms with van der Waals surface area (Å²) in [6.45, 7) is 7.71. The molecule has 1 saturated heterocycles. The van der Waals surface area contributed by atoms with Gasteiger partial charge >= 0.3 is 0 Å². The summed E-state index contributed by atoms with van der Waals surface area (Å²) in [4.78, 5) is 16.7. The predicted molar refractivity (Wildman–Crippen MR) is 136 cm³/mol. The lowest BCUT2D eigenvalue weighted by Crippen LogP contribution is -2.36. The van der Waals surface area contributed by atoms with Crippen LogP contribution in [-0.4, -0.2) is 58.0 Å². The van der Waals surface area contributed by atoms with Gasteiger partial charge in [0.05, 0.1) is 11.4 Å². The van der Waals surface area contributed by atoms with Crippen molar-refractivity contribution in [3.05, 3.63) is 35.7 Å². The normalized spacial score (nSPS) is 20.9. The molecule has 34 heavy (non-hydrogen) atoms. The molecule has 8 nitrogen and oxygen atoms in total. The van der Waals surface area contributed by atoms with Crippen LogP contribution in [0, 0.1) is 0 Å². The molecule has 0 unspecified atom stereocenters. The molecule has 0 amide bonds. The number of phenols is 1. The lowest BCUT2D eigenvalue weighted by Gasteiger charge is -2.34. The molecule has 2 heterocycles. The molecular formula is C26H38N6O2. The highest BCUT2D eigenvalue weighted by Crippen LogP contribution is 2.45. The highest BCUT2D eigenvalue weighted by Gasteiger charge is 2.40. The number of aromatic nitrogens is 2. The molecule has 1 aromatic heterocycles. The quantitative estimate of drug-likeness (QED) is 0.462. The van der Waals surface area contributed by atoms with Gasteiger partial charge in [-0.2, -0.15) is 0 Å². The van der Waals surface area contributed by atoms with E-state index in [-0.39, 0.29) is 5.75 Å². The maximum atomic E-state index is 10.0. The largest absolute Gasteiger partial charge is 0.508 e. The third-order valence-corrected chi connectivity index (χ3v) is 7.11. The highest BCUT2D eigenvalue weighted by atomic mass is 16.6. The van der Waals surface area contributed by atoms with E-state index in [0.29, 0.717) is 18.5 Å². The number of hydrogen-bond donors (Lipinski definition) is 3. The summed E-state index contributed by atoms with van der Waals surface area (Å²) < 4.78 is 0. The van der Waals surface area contributed by atoms with Crippen molar-refractivity contribution in [3.63, 3.8) is 0 Å². The lowest BCUT2D eigenvalue weighted by molar-refractivity contribution is 0.117. The van der Waals surface area contributed by atoms with Crippen LogP contribution in [0.2, 0.25) is 0 Å². The van der Waals surface area contributed by atoms with Crippen LogP contribution in [0.3, 0.4) is 0 Å². The third kappa shape index (κ3) is 5.33. The summed E-state index contributed by atoms with van der Waals surface area (Å²) in [5.74, 6) is 0.619. The van der Waals surface area contributed by atoms with Crippen LogP contribution >= 0.6 is 0 Å². The Morgan fingerprint density at radius 3 is 2.50 bits per heavy atom. The molecule has 0 radical (unpaired) electrons. The maximum absolute atomic E-state index is 10.0. The first kappa shape index (κ1) is 24.4. The average molecular weight is 467 g/mol. The minimum Gasteiger partial charge on any atom is -0.508 e. The highest BCUT2D eigenvalue weighted by molar-refractivity contribution is 6.15. The van der Waals surface area contributed by atoms with Gasteiger partial charge in [-0.05, 0) is 70.8 Å². The summed E-state index contributed by atoms with van der Waals surface area (Å²) in [6.07, 6.45) is 10.6. The van der Waals surface area contributed by atoms with E-state index in [9.17, 15) is 5.11 Å². The molecule has 1 aliphatic heterocycles. The van der Waals surface area contributed by atoms with Gasteiger partial charge in [-0.25, -0.2) is 9.97 Å². The van der Waals surface area contributed by atoms with Gasteiger partial charge in [0.15, 0.2) is 0 Å². The minimum atomic E-state index is -0.547. The van der Waals surface area contributed by atoms with Gasteiger partial charge in [-0.3, -0.25) is 4.90 Å². The summed E-state index contributed by atoms with van der Waals surface area (Å²) in [7, 11) is 0. The van der Waals surface area contributed by atoms with E-state index in [1.807, 2.05) is 19.9 Å². The smallest absolute Gasteiger partial charge is 0.131 e. The molecule has 3 aliphatic rings. The fraction of sp³-hybridized carbons (Fsp3) is 0.577. The van der Waals surface area contributed by atoms with E-state index < -0.39 is 5.41 Å². The Bertz CT molecular complexity index is 1010. The second kappa shape index (κ2) is 10.7. The standard InChI is InChI=1S/C20H25N5O2.C6H13N/c1-20(2)16-17(22-12-23-19(16)21)14-6-5-13(26)11-15(14)18(20)24-27-10-9-25-7-3-4-8-25;7-6-4-2-1-3-5-6/h5-6,11-12,26H,3-4,7-10H2,1-2H3,(H2,21,22,23);6H,1-5,7H2/b24-18+;. The van der Waals surface area contributed by atoms with Crippen molar-refractivity contribution >= 4 is 11.5 Å². The van der Waals surface area contributed by atoms with Crippen LogP contribution in [0.25, 0.3) is 11.3 Å². The van der Waals surface area contributed by atoms with Crippen molar-refractivity contribution in [3.8, 4) is 17.0 Å². The van der Waals surface area contributed by atoms with E-state index in [1.54, 1.807) is 12.1 Å². The van der Waals surface area contributed by atoms with Crippen molar-refractivity contribution in [1.29, 1.82) is 0 Å². The Morgan fingerprint density at radius 2 is 1.82 bits per heavy atom. The number of benzene rings is 1. The number of hydrogen-bond acceptors (Lipinski definition) is 8. The fourth-order valence-electron chi connectivity index (χ4n) is 5.19. The van der Waals surface area contributed by atoms with Gasteiger partial charge in [-0.1, -0.05) is 24.4 Å². The molecule has 2 aromatic rings. The number of nitrogens with two attached hydrogens (primary N) is 2. The average Bonchev–Trinajstić information content (AvgIpc) is 3.32. The molecule has 0 spiro atoms. The Morgan fingerprint density at radius 1 is 1.09 bits per heavy atom. The zero-order valence-corrected chi connectivity index (χ0v) is 20.5. The molecule has 5 rings (SSSR count). The molecule has 8 heteroatoms. The first-order valence-electron chi connectivity index (χ1n) is 12.5. The zero-order valence-electron chi connectivity index (χ0n) is 20.5. The fourth-order valence-corrected chi connectivity index (χ4v) is 5.19. The number of rotatable bonds is 4.